The fraction of sp³-hybridized carbons (Fsp3) is 0.350. The molecular formula is C20H23N5O3S. The maximum Gasteiger partial charge on any atom is 0.341 e. The first-order valence-corrected chi connectivity index (χ1v) is 10.1. The lowest BCUT2D eigenvalue weighted by atomic mass is 10.1. The van der Waals surface area contributed by atoms with E-state index in [2.05, 4.69) is 20.7 Å². The Bertz CT molecular complexity index is 1020. The molecule has 2 aromatic heterocycles. The minimum absolute atomic E-state index is 0.115. The summed E-state index contributed by atoms with van der Waals surface area (Å²) in [6, 6.07) is 9.47. The Balaban J connectivity index is 1.74. The highest BCUT2D eigenvalue weighted by Gasteiger charge is 2.21. The number of ether oxygens (including phenoxy) is 1. The molecule has 2 heterocycles. The van der Waals surface area contributed by atoms with Crippen molar-refractivity contribution in [1.29, 1.82) is 0 Å². The Labute approximate surface area is 172 Å². The van der Waals surface area contributed by atoms with Crippen LogP contribution in [0.5, 0.6) is 0 Å². The first-order chi connectivity index (χ1) is 13.9. The Kier molecular flexibility index (Phi) is 6.38. The van der Waals surface area contributed by atoms with Gasteiger partial charge in [0.05, 0.1) is 12.2 Å². The first-order valence-electron chi connectivity index (χ1n) is 9.33. The molecule has 1 aromatic carbocycles. The van der Waals surface area contributed by atoms with Crippen LogP contribution in [0, 0.1) is 6.92 Å². The monoisotopic (exact) mass is 413 g/mol. The van der Waals surface area contributed by atoms with Crippen molar-refractivity contribution >= 4 is 28.2 Å². The van der Waals surface area contributed by atoms with Gasteiger partial charge in [-0.05, 0) is 36.6 Å². The molecule has 3 rings (SSSR count). The molecule has 1 amide bonds. The van der Waals surface area contributed by atoms with Gasteiger partial charge in [0.25, 0.3) is 0 Å². The minimum Gasteiger partial charge on any atom is -0.462 e. The van der Waals surface area contributed by atoms with E-state index in [-0.39, 0.29) is 25.0 Å². The molecule has 1 N–H and O–H groups in total. The van der Waals surface area contributed by atoms with Gasteiger partial charge in [-0.2, -0.15) is 4.80 Å². The highest BCUT2D eigenvalue weighted by Crippen LogP contribution is 2.33. The standard InChI is InChI=1S/C20H23N5O3S/c1-5-28-20(27)15-10-16(12(2)3)29-19(15)21-17(26)11-25-23-18(22-24-25)14-9-7-6-8-13(14)4/h6-10,12H,5,11H2,1-4H3,(H,21,26). The van der Waals surface area contributed by atoms with Crippen molar-refractivity contribution in [2.24, 2.45) is 0 Å². The van der Waals surface area contributed by atoms with E-state index in [4.69, 9.17) is 4.74 Å². The van der Waals surface area contributed by atoms with Gasteiger partial charge in [-0.15, -0.1) is 21.5 Å². The zero-order valence-electron chi connectivity index (χ0n) is 16.8. The van der Waals surface area contributed by atoms with Crippen LogP contribution < -0.4 is 5.32 Å². The number of carbonyl (C=O) groups is 2. The Hall–Kier alpha value is -3.07. The lowest BCUT2D eigenvalue weighted by Gasteiger charge is -2.05. The molecule has 0 aliphatic heterocycles. The van der Waals surface area contributed by atoms with E-state index in [1.165, 1.54) is 16.1 Å². The highest BCUT2D eigenvalue weighted by molar-refractivity contribution is 7.16. The highest BCUT2D eigenvalue weighted by atomic mass is 32.1. The van der Waals surface area contributed by atoms with Crippen LogP contribution in [0.3, 0.4) is 0 Å². The van der Waals surface area contributed by atoms with E-state index in [1.54, 1.807) is 13.0 Å². The van der Waals surface area contributed by atoms with E-state index >= 15 is 0 Å². The average molecular weight is 414 g/mol. The van der Waals surface area contributed by atoms with Crippen molar-refractivity contribution in [3.8, 4) is 11.4 Å². The molecule has 0 saturated carbocycles. The number of aromatic nitrogens is 4. The maximum absolute atomic E-state index is 12.5. The predicted octanol–water partition coefficient (Wildman–Crippen LogP) is 3.65. The van der Waals surface area contributed by atoms with Crippen LogP contribution in [0.25, 0.3) is 11.4 Å². The summed E-state index contributed by atoms with van der Waals surface area (Å²) >= 11 is 1.37. The topological polar surface area (TPSA) is 99.0 Å². The van der Waals surface area contributed by atoms with Crippen LogP contribution >= 0.6 is 11.3 Å². The number of aryl methyl sites for hydroxylation is 1. The summed E-state index contributed by atoms with van der Waals surface area (Å²) in [7, 11) is 0. The number of nitrogens with one attached hydrogen (secondary N) is 1. The van der Waals surface area contributed by atoms with E-state index in [0.717, 1.165) is 16.0 Å². The van der Waals surface area contributed by atoms with Gasteiger partial charge in [-0.1, -0.05) is 38.1 Å². The number of hydrogen-bond donors (Lipinski definition) is 1. The third-order valence-electron chi connectivity index (χ3n) is 4.19. The largest absolute Gasteiger partial charge is 0.462 e. The summed E-state index contributed by atoms with van der Waals surface area (Å²) in [5.74, 6) is -0.109. The van der Waals surface area contributed by atoms with Gasteiger partial charge < -0.3 is 10.1 Å². The first kappa shape index (κ1) is 20.7. The van der Waals surface area contributed by atoms with Crippen molar-refractivity contribution in [2.45, 2.75) is 40.2 Å². The molecule has 29 heavy (non-hydrogen) atoms. The second-order valence-electron chi connectivity index (χ2n) is 6.77. The van der Waals surface area contributed by atoms with E-state index in [0.29, 0.717) is 16.4 Å². The van der Waals surface area contributed by atoms with Crippen LogP contribution in [0.1, 0.15) is 47.5 Å². The van der Waals surface area contributed by atoms with E-state index < -0.39 is 5.97 Å². The van der Waals surface area contributed by atoms with Crippen LogP contribution in [-0.2, 0) is 16.1 Å². The number of esters is 1. The van der Waals surface area contributed by atoms with Crippen LogP contribution in [-0.4, -0.2) is 38.7 Å². The van der Waals surface area contributed by atoms with Gasteiger partial charge in [0.15, 0.2) is 0 Å². The Morgan fingerprint density at radius 1 is 1.28 bits per heavy atom. The Morgan fingerprint density at radius 3 is 2.72 bits per heavy atom. The lowest BCUT2D eigenvalue weighted by molar-refractivity contribution is -0.117. The zero-order chi connectivity index (χ0) is 21.0. The van der Waals surface area contributed by atoms with Gasteiger partial charge in [0.2, 0.25) is 11.7 Å². The molecule has 0 unspecified atom stereocenters. The number of nitrogens with zero attached hydrogens (tertiary/aromatic N) is 4. The molecule has 0 atom stereocenters. The number of carbonyl (C=O) groups excluding carboxylic acids is 2. The molecular weight excluding hydrogens is 390 g/mol. The number of rotatable bonds is 7. The number of thiophene rings is 1. The number of tetrazole rings is 1. The fourth-order valence-corrected chi connectivity index (χ4v) is 3.75. The average Bonchev–Trinajstić information content (AvgIpc) is 3.29. The molecule has 152 valence electrons. The normalized spacial score (nSPS) is 10.9. The third kappa shape index (κ3) is 4.86. The predicted molar refractivity (Wildman–Crippen MR) is 111 cm³/mol. The van der Waals surface area contributed by atoms with Crippen molar-refractivity contribution < 1.29 is 14.3 Å². The maximum atomic E-state index is 12.5. The smallest absolute Gasteiger partial charge is 0.341 e. The number of benzene rings is 1. The summed E-state index contributed by atoms with van der Waals surface area (Å²) in [5.41, 5.74) is 2.25. The zero-order valence-corrected chi connectivity index (χ0v) is 17.6. The third-order valence-corrected chi connectivity index (χ3v) is 5.54. The van der Waals surface area contributed by atoms with Gasteiger partial charge in [0.1, 0.15) is 11.5 Å². The second kappa shape index (κ2) is 8.95. The van der Waals surface area contributed by atoms with Gasteiger partial charge in [0, 0.05) is 10.4 Å². The molecule has 0 saturated heterocycles. The van der Waals surface area contributed by atoms with E-state index in [9.17, 15) is 9.59 Å². The van der Waals surface area contributed by atoms with Crippen molar-refractivity contribution in [1.82, 2.24) is 20.2 Å². The quantitative estimate of drug-likeness (QED) is 0.594. The second-order valence-corrected chi connectivity index (χ2v) is 7.86. The molecule has 0 radical (unpaired) electrons. The molecule has 9 heteroatoms. The molecule has 0 fully saturated rings. The summed E-state index contributed by atoms with van der Waals surface area (Å²) in [4.78, 5) is 27.0. The fourth-order valence-electron chi connectivity index (χ4n) is 2.68. The van der Waals surface area contributed by atoms with Crippen molar-refractivity contribution in [3.63, 3.8) is 0 Å². The van der Waals surface area contributed by atoms with Gasteiger partial charge >= 0.3 is 5.97 Å². The Morgan fingerprint density at radius 2 is 2.03 bits per heavy atom. The van der Waals surface area contributed by atoms with Crippen LogP contribution in [0.2, 0.25) is 0 Å². The van der Waals surface area contributed by atoms with E-state index in [1.807, 2.05) is 45.0 Å². The summed E-state index contributed by atoms with van der Waals surface area (Å²) in [6.07, 6.45) is 0. The van der Waals surface area contributed by atoms with Crippen molar-refractivity contribution in [2.75, 3.05) is 11.9 Å². The SMILES string of the molecule is CCOC(=O)c1cc(C(C)C)sc1NC(=O)Cn1nnc(-c2ccccc2C)n1. The number of hydrogen-bond acceptors (Lipinski definition) is 7. The van der Waals surface area contributed by atoms with Crippen LogP contribution in [0.4, 0.5) is 5.00 Å². The van der Waals surface area contributed by atoms with Crippen LogP contribution in [0.15, 0.2) is 30.3 Å². The summed E-state index contributed by atoms with van der Waals surface area (Å²) < 4.78 is 5.10. The van der Waals surface area contributed by atoms with Crippen molar-refractivity contribution in [3.05, 3.63) is 46.3 Å². The van der Waals surface area contributed by atoms with Gasteiger partial charge in [-0.3, -0.25) is 4.79 Å². The summed E-state index contributed by atoms with van der Waals surface area (Å²) in [6.45, 7) is 7.91. The molecule has 0 aliphatic carbocycles. The molecule has 3 aromatic rings. The molecule has 0 aliphatic rings. The lowest BCUT2D eigenvalue weighted by Crippen LogP contribution is -2.21. The number of amides is 1. The molecule has 8 nitrogen and oxygen atoms in total. The number of anilines is 1. The molecule has 0 bridgehead atoms. The van der Waals surface area contributed by atoms with Gasteiger partial charge in [-0.25, -0.2) is 4.79 Å². The summed E-state index contributed by atoms with van der Waals surface area (Å²) in [5, 5.41) is 15.5. The minimum atomic E-state index is -0.452. The molecule has 0 spiro atoms.